The molecule has 0 spiro atoms. The Bertz CT molecular complexity index is 936. The first-order valence-corrected chi connectivity index (χ1v) is 10.3. The number of carbonyl (C=O) groups excluding carboxylic acids is 1. The largest absolute Gasteiger partial charge is 0.411 e. The van der Waals surface area contributed by atoms with E-state index in [9.17, 15) is 4.79 Å². The predicted molar refractivity (Wildman–Crippen MR) is 110 cm³/mol. The summed E-state index contributed by atoms with van der Waals surface area (Å²) in [6, 6.07) is 18.1. The Hall–Kier alpha value is -2.80. The second-order valence-electron chi connectivity index (χ2n) is 6.73. The van der Waals surface area contributed by atoms with E-state index in [4.69, 9.17) is 4.42 Å². The molecule has 0 atom stereocenters. The predicted octanol–water partition coefficient (Wildman–Crippen LogP) is 3.49. The van der Waals surface area contributed by atoms with Crippen LogP contribution in [0, 0.1) is 6.92 Å². The lowest BCUT2D eigenvalue weighted by Crippen LogP contribution is -2.49. The molecule has 1 aliphatic heterocycles. The molecule has 1 fully saturated rings. The van der Waals surface area contributed by atoms with Gasteiger partial charge in [-0.25, -0.2) is 0 Å². The van der Waals surface area contributed by atoms with Crippen LogP contribution in [0.5, 0.6) is 0 Å². The number of anilines is 1. The average Bonchev–Trinajstić information content (AvgIpc) is 3.22. The van der Waals surface area contributed by atoms with Crippen molar-refractivity contribution in [3.8, 4) is 11.5 Å². The normalized spacial score (nSPS) is 14.3. The molecule has 0 radical (unpaired) electrons. The van der Waals surface area contributed by atoms with Gasteiger partial charge in [0, 0.05) is 37.4 Å². The van der Waals surface area contributed by atoms with Crippen LogP contribution in [0.4, 0.5) is 5.69 Å². The molecule has 0 aliphatic carbocycles. The van der Waals surface area contributed by atoms with Crippen molar-refractivity contribution in [2.45, 2.75) is 12.1 Å². The molecule has 1 saturated heterocycles. The van der Waals surface area contributed by atoms with E-state index < -0.39 is 0 Å². The van der Waals surface area contributed by atoms with Crippen LogP contribution in [0.15, 0.2) is 64.2 Å². The van der Waals surface area contributed by atoms with E-state index in [1.165, 1.54) is 23.0 Å². The second kappa shape index (κ2) is 8.48. The van der Waals surface area contributed by atoms with Crippen molar-refractivity contribution >= 4 is 23.4 Å². The lowest BCUT2D eigenvalue weighted by Gasteiger charge is -2.36. The summed E-state index contributed by atoms with van der Waals surface area (Å²) in [5.41, 5.74) is 3.35. The number of hydrogen-bond donors (Lipinski definition) is 0. The van der Waals surface area contributed by atoms with Crippen molar-refractivity contribution in [3.05, 3.63) is 60.2 Å². The topological polar surface area (TPSA) is 62.5 Å². The Morgan fingerprint density at radius 3 is 2.57 bits per heavy atom. The van der Waals surface area contributed by atoms with Gasteiger partial charge in [0.1, 0.15) is 0 Å². The van der Waals surface area contributed by atoms with E-state index in [1.807, 2.05) is 35.2 Å². The summed E-state index contributed by atoms with van der Waals surface area (Å²) >= 11 is 1.29. The molecule has 28 heavy (non-hydrogen) atoms. The number of aryl methyl sites for hydroxylation is 1. The van der Waals surface area contributed by atoms with Crippen molar-refractivity contribution in [3.63, 3.8) is 0 Å². The van der Waals surface area contributed by atoms with Gasteiger partial charge in [0.15, 0.2) is 0 Å². The Labute approximate surface area is 168 Å². The molecule has 7 heteroatoms. The molecule has 0 saturated carbocycles. The number of hydrogen-bond acceptors (Lipinski definition) is 6. The fourth-order valence-electron chi connectivity index (χ4n) is 3.22. The number of nitrogens with zero attached hydrogens (tertiary/aromatic N) is 4. The highest BCUT2D eigenvalue weighted by molar-refractivity contribution is 7.99. The second-order valence-corrected chi connectivity index (χ2v) is 7.66. The lowest BCUT2D eigenvalue weighted by atomic mass is 10.2. The van der Waals surface area contributed by atoms with Crippen molar-refractivity contribution < 1.29 is 9.21 Å². The maximum Gasteiger partial charge on any atom is 0.277 e. The summed E-state index contributed by atoms with van der Waals surface area (Å²) in [4.78, 5) is 16.8. The molecule has 4 rings (SSSR count). The van der Waals surface area contributed by atoms with E-state index >= 15 is 0 Å². The number of piperazine rings is 1. The van der Waals surface area contributed by atoms with Crippen LogP contribution in [0.25, 0.3) is 11.5 Å². The fourth-order valence-corrected chi connectivity index (χ4v) is 3.88. The van der Waals surface area contributed by atoms with Crippen LogP contribution in [-0.4, -0.2) is 52.9 Å². The molecule has 1 aromatic heterocycles. The van der Waals surface area contributed by atoms with Gasteiger partial charge < -0.3 is 14.2 Å². The minimum atomic E-state index is 0.105. The zero-order valence-electron chi connectivity index (χ0n) is 15.7. The molecule has 0 N–H and O–H groups in total. The van der Waals surface area contributed by atoms with Gasteiger partial charge >= 0.3 is 0 Å². The highest BCUT2D eigenvalue weighted by atomic mass is 32.2. The number of thioether (sulfide) groups is 1. The Kier molecular flexibility index (Phi) is 5.62. The fraction of sp³-hybridized carbons (Fsp3) is 0.286. The summed E-state index contributed by atoms with van der Waals surface area (Å²) in [6.45, 7) is 5.25. The number of aromatic nitrogens is 2. The summed E-state index contributed by atoms with van der Waals surface area (Å²) < 4.78 is 5.66. The Balaban J connectivity index is 1.28. The van der Waals surface area contributed by atoms with E-state index in [0.717, 1.165) is 31.7 Å². The van der Waals surface area contributed by atoms with Gasteiger partial charge in [0.25, 0.3) is 5.22 Å². The van der Waals surface area contributed by atoms with Crippen LogP contribution in [0.1, 0.15) is 5.56 Å². The quantitative estimate of drug-likeness (QED) is 0.618. The van der Waals surface area contributed by atoms with Gasteiger partial charge in [-0.2, -0.15) is 0 Å². The third-order valence-corrected chi connectivity index (χ3v) is 5.55. The van der Waals surface area contributed by atoms with Crippen molar-refractivity contribution in [2.75, 3.05) is 36.8 Å². The average molecular weight is 395 g/mol. The first-order chi connectivity index (χ1) is 13.7. The highest BCUT2D eigenvalue weighted by Crippen LogP contribution is 2.23. The Morgan fingerprint density at radius 2 is 1.82 bits per heavy atom. The molecule has 1 amide bonds. The molecular formula is C21H22N4O2S. The zero-order chi connectivity index (χ0) is 19.3. The third-order valence-electron chi connectivity index (χ3n) is 4.75. The van der Waals surface area contributed by atoms with Crippen molar-refractivity contribution in [1.82, 2.24) is 15.1 Å². The summed E-state index contributed by atoms with van der Waals surface area (Å²) in [5.74, 6) is 0.886. The molecular weight excluding hydrogens is 372 g/mol. The van der Waals surface area contributed by atoms with Crippen LogP contribution >= 0.6 is 11.8 Å². The van der Waals surface area contributed by atoms with E-state index in [2.05, 4.69) is 46.3 Å². The first-order valence-electron chi connectivity index (χ1n) is 9.30. The molecule has 0 unspecified atom stereocenters. The molecule has 2 aromatic carbocycles. The minimum Gasteiger partial charge on any atom is -0.411 e. The SMILES string of the molecule is Cc1cccc(N2CCN(C(=O)CSc3nnc(-c4ccccc4)o3)CC2)c1. The van der Waals surface area contributed by atoms with Crippen LogP contribution < -0.4 is 4.90 Å². The highest BCUT2D eigenvalue weighted by Gasteiger charge is 2.22. The standard InChI is InChI=1S/C21H22N4O2S/c1-16-6-5-9-18(14-16)24-10-12-25(13-11-24)19(26)15-28-21-23-22-20(27-21)17-7-3-2-4-8-17/h2-9,14H,10-13,15H2,1H3. The number of carbonyl (C=O) groups is 1. The van der Waals surface area contributed by atoms with Crippen LogP contribution in [-0.2, 0) is 4.79 Å². The zero-order valence-corrected chi connectivity index (χ0v) is 16.6. The van der Waals surface area contributed by atoms with E-state index in [0.29, 0.717) is 16.9 Å². The summed E-state index contributed by atoms with van der Waals surface area (Å²) in [6.07, 6.45) is 0. The summed E-state index contributed by atoms with van der Waals surface area (Å²) in [5, 5.41) is 8.52. The van der Waals surface area contributed by atoms with E-state index in [-0.39, 0.29) is 5.91 Å². The smallest absolute Gasteiger partial charge is 0.277 e. The van der Waals surface area contributed by atoms with Crippen molar-refractivity contribution in [2.24, 2.45) is 0 Å². The maximum absolute atomic E-state index is 12.5. The number of benzene rings is 2. The maximum atomic E-state index is 12.5. The van der Waals surface area contributed by atoms with E-state index in [1.54, 1.807) is 0 Å². The van der Waals surface area contributed by atoms with Gasteiger partial charge in [-0.3, -0.25) is 4.79 Å². The van der Waals surface area contributed by atoms with Gasteiger partial charge in [0.2, 0.25) is 11.8 Å². The van der Waals surface area contributed by atoms with Gasteiger partial charge in [-0.05, 0) is 36.8 Å². The van der Waals surface area contributed by atoms with Gasteiger partial charge in [0.05, 0.1) is 5.75 Å². The van der Waals surface area contributed by atoms with Crippen LogP contribution in [0.2, 0.25) is 0 Å². The number of amides is 1. The molecule has 6 nitrogen and oxygen atoms in total. The monoisotopic (exact) mass is 394 g/mol. The molecule has 144 valence electrons. The Morgan fingerprint density at radius 1 is 1.04 bits per heavy atom. The molecule has 0 bridgehead atoms. The number of rotatable bonds is 5. The molecule has 1 aliphatic rings. The van der Waals surface area contributed by atoms with Crippen molar-refractivity contribution in [1.29, 1.82) is 0 Å². The minimum absolute atomic E-state index is 0.105. The summed E-state index contributed by atoms with van der Waals surface area (Å²) in [7, 11) is 0. The molecule has 3 aromatic rings. The van der Waals surface area contributed by atoms with Gasteiger partial charge in [-0.1, -0.05) is 42.1 Å². The van der Waals surface area contributed by atoms with Gasteiger partial charge in [-0.15, -0.1) is 10.2 Å². The molecule has 2 heterocycles. The van der Waals surface area contributed by atoms with Crippen LogP contribution in [0.3, 0.4) is 0 Å². The first kappa shape index (κ1) is 18.6. The third kappa shape index (κ3) is 4.36. The lowest BCUT2D eigenvalue weighted by molar-refractivity contribution is -0.128.